The average Bonchev–Trinajstić information content (AvgIpc) is 2.56. The number of aliphatic hydroxyl groups excluding tert-OH is 1. The molecule has 14 heavy (non-hydrogen) atoms. The van der Waals surface area contributed by atoms with E-state index in [1.807, 2.05) is 19.1 Å². The third-order valence-corrected chi connectivity index (χ3v) is 2.11. The molecule has 0 aliphatic heterocycles. The van der Waals surface area contributed by atoms with Gasteiger partial charge in [-0.25, -0.2) is 9.97 Å². The molecule has 0 amide bonds. The van der Waals surface area contributed by atoms with E-state index in [0.29, 0.717) is 0 Å². The molecule has 0 saturated heterocycles. The third kappa shape index (κ3) is 1.75. The standard InChI is InChI=1S/C10H13N3O/c1-7-4-5-8-10(11-7)13-9(12-8)3-2-6-14/h4-5,14H,2-3,6H2,1H3,(H,11,12,13). The fourth-order valence-corrected chi connectivity index (χ4v) is 1.40. The van der Waals surface area contributed by atoms with E-state index in [9.17, 15) is 0 Å². The Bertz CT molecular complexity index is 436. The van der Waals surface area contributed by atoms with Crippen LogP contribution in [-0.4, -0.2) is 26.7 Å². The van der Waals surface area contributed by atoms with E-state index in [0.717, 1.165) is 35.5 Å². The van der Waals surface area contributed by atoms with Crippen LogP contribution in [0.5, 0.6) is 0 Å². The number of aliphatic hydroxyl groups is 1. The molecular formula is C10H13N3O. The van der Waals surface area contributed by atoms with E-state index in [1.54, 1.807) is 0 Å². The zero-order valence-corrected chi connectivity index (χ0v) is 8.12. The first-order valence-corrected chi connectivity index (χ1v) is 4.72. The van der Waals surface area contributed by atoms with Crippen molar-refractivity contribution >= 4 is 11.2 Å². The molecule has 2 rings (SSSR count). The number of aryl methyl sites for hydroxylation is 2. The summed E-state index contributed by atoms with van der Waals surface area (Å²) in [5, 5.41) is 8.69. The lowest BCUT2D eigenvalue weighted by Crippen LogP contribution is -1.91. The Kier molecular flexibility index (Phi) is 2.45. The Balaban J connectivity index is 2.32. The quantitative estimate of drug-likeness (QED) is 0.766. The molecule has 2 aromatic heterocycles. The monoisotopic (exact) mass is 191 g/mol. The molecule has 0 aromatic carbocycles. The first-order chi connectivity index (χ1) is 6.79. The second-order valence-electron chi connectivity index (χ2n) is 3.33. The molecule has 0 spiro atoms. The van der Waals surface area contributed by atoms with Gasteiger partial charge in [0, 0.05) is 18.7 Å². The highest BCUT2D eigenvalue weighted by Crippen LogP contribution is 2.10. The lowest BCUT2D eigenvalue weighted by molar-refractivity contribution is 0.287. The number of aromatic amines is 1. The largest absolute Gasteiger partial charge is 0.396 e. The summed E-state index contributed by atoms with van der Waals surface area (Å²) in [6, 6.07) is 3.93. The summed E-state index contributed by atoms with van der Waals surface area (Å²) in [5.41, 5.74) is 2.69. The number of hydrogen-bond acceptors (Lipinski definition) is 3. The van der Waals surface area contributed by atoms with Crippen molar-refractivity contribution < 1.29 is 5.11 Å². The summed E-state index contributed by atoms with van der Waals surface area (Å²) < 4.78 is 0. The summed E-state index contributed by atoms with van der Waals surface area (Å²) in [7, 11) is 0. The summed E-state index contributed by atoms with van der Waals surface area (Å²) in [6.07, 6.45) is 1.50. The van der Waals surface area contributed by atoms with Gasteiger partial charge in [-0.1, -0.05) is 0 Å². The van der Waals surface area contributed by atoms with Crippen molar-refractivity contribution in [1.29, 1.82) is 0 Å². The van der Waals surface area contributed by atoms with Crippen LogP contribution < -0.4 is 0 Å². The molecule has 74 valence electrons. The van der Waals surface area contributed by atoms with E-state index in [-0.39, 0.29) is 6.61 Å². The van der Waals surface area contributed by atoms with Crippen molar-refractivity contribution in [1.82, 2.24) is 15.0 Å². The van der Waals surface area contributed by atoms with Crippen LogP contribution in [0.2, 0.25) is 0 Å². The number of pyridine rings is 1. The van der Waals surface area contributed by atoms with Gasteiger partial charge in [0.25, 0.3) is 0 Å². The number of imidazole rings is 1. The van der Waals surface area contributed by atoms with Crippen LogP contribution in [-0.2, 0) is 6.42 Å². The van der Waals surface area contributed by atoms with Gasteiger partial charge in [-0.3, -0.25) is 0 Å². The first kappa shape index (κ1) is 9.15. The van der Waals surface area contributed by atoms with Crippen LogP contribution >= 0.6 is 0 Å². The minimum absolute atomic E-state index is 0.198. The van der Waals surface area contributed by atoms with E-state index >= 15 is 0 Å². The highest BCUT2D eigenvalue weighted by Gasteiger charge is 2.02. The maximum Gasteiger partial charge on any atom is 0.177 e. The van der Waals surface area contributed by atoms with Gasteiger partial charge in [-0.2, -0.15) is 0 Å². The fraction of sp³-hybridized carbons (Fsp3) is 0.400. The lowest BCUT2D eigenvalue weighted by Gasteiger charge is -1.90. The molecule has 0 radical (unpaired) electrons. The second kappa shape index (κ2) is 3.75. The molecule has 4 heteroatoms. The minimum Gasteiger partial charge on any atom is -0.396 e. The molecule has 2 heterocycles. The number of fused-ring (bicyclic) bond motifs is 1. The first-order valence-electron chi connectivity index (χ1n) is 4.72. The van der Waals surface area contributed by atoms with Gasteiger partial charge in [0.05, 0.1) is 5.52 Å². The zero-order chi connectivity index (χ0) is 9.97. The van der Waals surface area contributed by atoms with Gasteiger partial charge in [0.1, 0.15) is 5.82 Å². The van der Waals surface area contributed by atoms with Crippen molar-refractivity contribution in [3.05, 3.63) is 23.7 Å². The van der Waals surface area contributed by atoms with Crippen molar-refractivity contribution in [3.8, 4) is 0 Å². The topological polar surface area (TPSA) is 61.8 Å². The smallest absolute Gasteiger partial charge is 0.177 e. The highest BCUT2D eigenvalue weighted by atomic mass is 16.2. The Morgan fingerprint density at radius 1 is 1.36 bits per heavy atom. The summed E-state index contributed by atoms with van der Waals surface area (Å²) >= 11 is 0. The number of nitrogens with zero attached hydrogens (tertiary/aromatic N) is 2. The molecule has 0 bridgehead atoms. The normalized spacial score (nSPS) is 11.0. The molecule has 0 atom stereocenters. The van der Waals surface area contributed by atoms with Gasteiger partial charge >= 0.3 is 0 Å². The predicted octanol–water partition coefficient (Wildman–Crippen LogP) is 1.19. The Hall–Kier alpha value is -1.42. The lowest BCUT2D eigenvalue weighted by atomic mass is 10.3. The number of hydrogen-bond donors (Lipinski definition) is 2. The van der Waals surface area contributed by atoms with Gasteiger partial charge in [0.15, 0.2) is 5.65 Å². The second-order valence-corrected chi connectivity index (χ2v) is 3.33. The summed E-state index contributed by atoms with van der Waals surface area (Å²) in [6.45, 7) is 2.14. The number of aromatic nitrogens is 3. The molecule has 4 nitrogen and oxygen atoms in total. The van der Waals surface area contributed by atoms with E-state index in [4.69, 9.17) is 5.11 Å². The summed E-state index contributed by atoms with van der Waals surface area (Å²) in [4.78, 5) is 11.8. The summed E-state index contributed by atoms with van der Waals surface area (Å²) in [5.74, 6) is 0.896. The number of H-pyrrole nitrogens is 1. The zero-order valence-electron chi connectivity index (χ0n) is 8.12. The van der Waals surface area contributed by atoms with Crippen molar-refractivity contribution in [2.75, 3.05) is 6.61 Å². The van der Waals surface area contributed by atoms with Gasteiger partial charge < -0.3 is 10.1 Å². The highest BCUT2D eigenvalue weighted by molar-refractivity contribution is 5.70. The average molecular weight is 191 g/mol. The maximum atomic E-state index is 8.69. The van der Waals surface area contributed by atoms with E-state index < -0.39 is 0 Å². The van der Waals surface area contributed by atoms with Crippen LogP contribution in [0.15, 0.2) is 12.1 Å². The van der Waals surface area contributed by atoms with Crippen molar-refractivity contribution in [3.63, 3.8) is 0 Å². The number of nitrogens with one attached hydrogen (secondary N) is 1. The molecule has 0 saturated carbocycles. The molecular weight excluding hydrogens is 178 g/mol. The van der Waals surface area contributed by atoms with Gasteiger partial charge in [-0.05, 0) is 25.5 Å². The SMILES string of the molecule is Cc1ccc2[nH]c(CCCO)nc2n1. The Morgan fingerprint density at radius 2 is 2.21 bits per heavy atom. The van der Waals surface area contributed by atoms with Gasteiger partial charge in [-0.15, -0.1) is 0 Å². The van der Waals surface area contributed by atoms with Crippen molar-refractivity contribution in [2.24, 2.45) is 0 Å². The molecule has 0 unspecified atom stereocenters. The van der Waals surface area contributed by atoms with E-state index in [2.05, 4.69) is 15.0 Å². The van der Waals surface area contributed by atoms with Gasteiger partial charge in [0.2, 0.25) is 0 Å². The van der Waals surface area contributed by atoms with Crippen molar-refractivity contribution in [2.45, 2.75) is 19.8 Å². The van der Waals surface area contributed by atoms with Crippen LogP contribution in [0.25, 0.3) is 11.2 Å². The molecule has 2 N–H and O–H groups in total. The molecule has 0 aliphatic rings. The predicted molar refractivity (Wildman–Crippen MR) is 54.0 cm³/mol. The Morgan fingerprint density at radius 3 is 3.00 bits per heavy atom. The van der Waals surface area contributed by atoms with E-state index in [1.165, 1.54) is 0 Å². The van der Waals surface area contributed by atoms with Crippen LogP contribution in [0.4, 0.5) is 0 Å². The Labute approximate surface area is 82.0 Å². The van der Waals surface area contributed by atoms with Crippen LogP contribution in [0.3, 0.4) is 0 Å². The molecule has 0 aliphatic carbocycles. The molecule has 2 aromatic rings. The number of rotatable bonds is 3. The fourth-order valence-electron chi connectivity index (χ4n) is 1.40. The van der Waals surface area contributed by atoms with Crippen LogP contribution in [0.1, 0.15) is 17.9 Å². The molecule has 0 fully saturated rings. The van der Waals surface area contributed by atoms with Crippen LogP contribution in [0, 0.1) is 6.92 Å². The third-order valence-electron chi connectivity index (χ3n) is 2.11. The maximum absolute atomic E-state index is 8.69. The minimum atomic E-state index is 0.198.